The van der Waals surface area contributed by atoms with Crippen molar-refractivity contribution in [3.8, 4) is 17.1 Å². The van der Waals surface area contributed by atoms with Crippen LogP contribution in [0.25, 0.3) is 22.6 Å². The minimum atomic E-state index is 0.650. The van der Waals surface area contributed by atoms with Crippen LogP contribution in [0.3, 0.4) is 0 Å². The number of hydrogen-bond acceptors (Lipinski definition) is 4. The van der Waals surface area contributed by atoms with E-state index in [9.17, 15) is 0 Å². The number of nitrogen functional groups attached to an aromatic ring is 1. The third-order valence-electron chi connectivity index (χ3n) is 3.12. The van der Waals surface area contributed by atoms with E-state index in [0.717, 1.165) is 22.4 Å². The number of H-pyrrole nitrogens is 1. The van der Waals surface area contributed by atoms with E-state index in [1.165, 1.54) is 0 Å². The van der Waals surface area contributed by atoms with Crippen LogP contribution < -0.4 is 10.5 Å². The summed E-state index contributed by atoms with van der Waals surface area (Å²) in [6.45, 7) is 2.01. The maximum atomic E-state index is 6.00. The van der Waals surface area contributed by atoms with E-state index in [4.69, 9.17) is 10.5 Å². The topological polar surface area (TPSA) is 76.8 Å². The Hall–Kier alpha value is -2.56. The predicted molar refractivity (Wildman–Crippen MR) is 75.0 cm³/mol. The second-order valence-corrected chi connectivity index (χ2v) is 4.37. The van der Waals surface area contributed by atoms with Gasteiger partial charge in [-0.1, -0.05) is 0 Å². The summed E-state index contributed by atoms with van der Waals surface area (Å²) in [4.78, 5) is 12.0. The zero-order valence-corrected chi connectivity index (χ0v) is 10.8. The summed E-state index contributed by atoms with van der Waals surface area (Å²) in [5, 5.41) is 0. The van der Waals surface area contributed by atoms with Gasteiger partial charge in [0.25, 0.3) is 0 Å². The Morgan fingerprint density at radius 3 is 2.84 bits per heavy atom. The second kappa shape index (κ2) is 4.28. The molecule has 1 aromatic carbocycles. The number of ether oxygens (including phenoxy) is 1. The molecule has 0 aliphatic heterocycles. The molecule has 2 heterocycles. The summed E-state index contributed by atoms with van der Waals surface area (Å²) in [5.74, 6) is 1.45. The largest absolute Gasteiger partial charge is 0.497 e. The molecule has 0 aliphatic rings. The molecule has 19 heavy (non-hydrogen) atoms. The first-order valence-electron chi connectivity index (χ1n) is 5.94. The van der Waals surface area contributed by atoms with E-state index in [-0.39, 0.29) is 0 Å². The van der Waals surface area contributed by atoms with Crippen molar-refractivity contribution in [2.24, 2.45) is 0 Å². The Kier molecular flexibility index (Phi) is 2.59. The van der Waals surface area contributed by atoms with Crippen LogP contribution >= 0.6 is 0 Å². The quantitative estimate of drug-likeness (QED) is 0.689. The van der Waals surface area contributed by atoms with Gasteiger partial charge in [0.1, 0.15) is 11.6 Å². The number of aromatic nitrogens is 3. The van der Waals surface area contributed by atoms with Gasteiger partial charge in [-0.05, 0) is 36.8 Å². The highest BCUT2D eigenvalue weighted by Gasteiger charge is 2.11. The zero-order valence-electron chi connectivity index (χ0n) is 10.8. The summed E-state index contributed by atoms with van der Waals surface area (Å²) in [7, 11) is 1.62. The SMILES string of the molecule is COc1ccc(N)c(-c2nc3nccc(C)c3[nH]2)c1. The van der Waals surface area contributed by atoms with Crippen LogP contribution in [0.1, 0.15) is 5.56 Å². The Morgan fingerprint density at radius 1 is 1.26 bits per heavy atom. The van der Waals surface area contributed by atoms with Gasteiger partial charge in [0.05, 0.1) is 12.6 Å². The van der Waals surface area contributed by atoms with Crippen molar-refractivity contribution >= 4 is 16.9 Å². The number of methoxy groups -OCH3 is 1. The molecule has 3 N–H and O–H groups in total. The lowest BCUT2D eigenvalue weighted by molar-refractivity contribution is 0.415. The normalized spacial score (nSPS) is 10.8. The van der Waals surface area contributed by atoms with E-state index in [1.54, 1.807) is 13.3 Å². The molecule has 0 saturated carbocycles. The molecule has 5 nitrogen and oxygen atoms in total. The third-order valence-corrected chi connectivity index (χ3v) is 3.12. The molecule has 2 aromatic heterocycles. The number of anilines is 1. The average molecular weight is 254 g/mol. The molecule has 0 amide bonds. The summed E-state index contributed by atoms with van der Waals surface area (Å²) in [6.07, 6.45) is 1.75. The van der Waals surface area contributed by atoms with E-state index in [1.807, 2.05) is 31.2 Å². The molecule has 0 fully saturated rings. The monoisotopic (exact) mass is 254 g/mol. The van der Waals surface area contributed by atoms with Gasteiger partial charge < -0.3 is 15.5 Å². The predicted octanol–water partition coefficient (Wildman–Crippen LogP) is 2.52. The highest BCUT2D eigenvalue weighted by Crippen LogP contribution is 2.29. The number of aromatic amines is 1. The summed E-state index contributed by atoms with van der Waals surface area (Å²) < 4.78 is 5.22. The molecule has 3 aromatic rings. The number of imidazole rings is 1. The van der Waals surface area contributed by atoms with Crippen LogP contribution in [0.2, 0.25) is 0 Å². The molecule has 0 atom stereocenters. The fourth-order valence-electron chi connectivity index (χ4n) is 2.03. The van der Waals surface area contributed by atoms with Crippen molar-refractivity contribution in [3.63, 3.8) is 0 Å². The maximum absolute atomic E-state index is 6.00. The minimum absolute atomic E-state index is 0.650. The number of nitrogens with zero attached hydrogens (tertiary/aromatic N) is 2. The number of fused-ring (bicyclic) bond motifs is 1. The average Bonchev–Trinajstić information content (AvgIpc) is 2.84. The fourth-order valence-corrected chi connectivity index (χ4v) is 2.03. The van der Waals surface area contributed by atoms with Gasteiger partial charge in [-0.15, -0.1) is 0 Å². The van der Waals surface area contributed by atoms with E-state index in [2.05, 4.69) is 15.0 Å². The number of nitrogens with one attached hydrogen (secondary N) is 1. The summed E-state index contributed by atoms with van der Waals surface area (Å²) >= 11 is 0. The first kappa shape index (κ1) is 11.5. The van der Waals surface area contributed by atoms with E-state index in [0.29, 0.717) is 17.2 Å². The Labute approximate surface area is 110 Å². The first-order chi connectivity index (χ1) is 9.19. The van der Waals surface area contributed by atoms with E-state index < -0.39 is 0 Å². The molecular formula is C14H14N4O. The van der Waals surface area contributed by atoms with E-state index >= 15 is 0 Å². The lowest BCUT2D eigenvalue weighted by atomic mass is 10.1. The molecule has 0 saturated heterocycles. The van der Waals surface area contributed by atoms with Gasteiger partial charge in [-0.2, -0.15) is 0 Å². The van der Waals surface area contributed by atoms with Crippen LogP contribution in [0.5, 0.6) is 5.75 Å². The number of nitrogens with two attached hydrogens (primary N) is 1. The van der Waals surface area contributed by atoms with Crippen molar-refractivity contribution in [1.29, 1.82) is 0 Å². The third kappa shape index (κ3) is 1.89. The van der Waals surface area contributed by atoms with Gasteiger partial charge in [-0.3, -0.25) is 0 Å². The van der Waals surface area contributed by atoms with Crippen molar-refractivity contribution in [2.45, 2.75) is 6.92 Å². The van der Waals surface area contributed by atoms with Crippen molar-refractivity contribution in [2.75, 3.05) is 12.8 Å². The van der Waals surface area contributed by atoms with Crippen molar-refractivity contribution in [1.82, 2.24) is 15.0 Å². The lowest BCUT2D eigenvalue weighted by Gasteiger charge is -2.05. The van der Waals surface area contributed by atoms with Gasteiger partial charge in [0, 0.05) is 17.4 Å². The van der Waals surface area contributed by atoms with Crippen LogP contribution in [-0.2, 0) is 0 Å². The lowest BCUT2D eigenvalue weighted by Crippen LogP contribution is -1.93. The highest BCUT2D eigenvalue weighted by molar-refractivity contribution is 5.82. The summed E-state index contributed by atoms with van der Waals surface area (Å²) in [6, 6.07) is 7.44. The first-order valence-corrected chi connectivity index (χ1v) is 5.94. The molecule has 0 unspecified atom stereocenters. The van der Waals surface area contributed by atoms with Gasteiger partial charge in [0.15, 0.2) is 5.65 Å². The van der Waals surface area contributed by atoms with Crippen molar-refractivity contribution < 1.29 is 4.74 Å². The molecule has 0 aliphatic carbocycles. The molecule has 0 radical (unpaired) electrons. The Morgan fingerprint density at radius 2 is 2.11 bits per heavy atom. The molecule has 3 rings (SSSR count). The van der Waals surface area contributed by atoms with Crippen LogP contribution in [0.4, 0.5) is 5.69 Å². The van der Waals surface area contributed by atoms with Gasteiger partial charge >= 0.3 is 0 Å². The highest BCUT2D eigenvalue weighted by atomic mass is 16.5. The fraction of sp³-hybridized carbons (Fsp3) is 0.143. The van der Waals surface area contributed by atoms with Crippen molar-refractivity contribution in [3.05, 3.63) is 36.0 Å². The number of rotatable bonds is 2. The number of benzene rings is 1. The maximum Gasteiger partial charge on any atom is 0.178 e. The minimum Gasteiger partial charge on any atom is -0.497 e. The molecule has 5 heteroatoms. The number of pyridine rings is 1. The van der Waals surface area contributed by atoms with Crippen LogP contribution in [-0.4, -0.2) is 22.1 Å². The standard InChI is InChI=1S/C14H14N4O/c1-8-5-6-16-14-12(8)17-13(18-14)10-7-9(19-2)3-4-11(10)15/h3-7H,15H2,1-2H3,(H,16,17,18). The number of hydrogen-bond donors (Lipinski definition) is 2. The zero-order chi connectivity index (χ0) is 13.4. The molecule has 96 valence electrons. The van der Waals surface area contributed by atoms with Gasteiger partial charge in [0.2, 0.25) is 0 Å². The molecular weight excluding hydrogens is 240 g/mol. The summed E-state index contributed by atoms with van der Waals surface area (Å²) in [5.41, 5.74) is 10.2. The van der Waals surface area contributed by atoms with Crippen LogP contribution in [0, 0.1) is 6.92 Å². The smallest absolute Gasteiger partial charge is 0.178 e. The molecule has 0 bridgehead atoms. The molecule has 0 spiro atoms. The second-order valence-electron chi connectivity index (χ2n) is 4.37. The Bertz CT molecular complexity index is 748. The van der Waals surface area contributed by atoms with Crippen LogP contribution in [0.15, 0.2) is 30.5 Å². The van der Waals surface area contributed by atoms with Gasteiger partial charge in [-0.25, -0.2) is 9.97 Å². The number of aryl methyl sites for hydroxylation is 1. The Balaban J connectivity index is 2.21.